The average Bonchev–Trinajstić information content (AvgIpc) is 2.18. The SMILES string of the molecule is COC1(c2ccc(SC)cc2)COC1. The van der Waals surface area contributed by atoms with Crippen LogP contribution in [0.1, 0.15) is 5.56 Å². The van der Waals surface area contributed by atoms with Crippen LogP contribution in [0.15, 0.2) is 29.2 Å². The van der Waals surface area contributed by atoms with Crippen LogP contribution in [-0.4, -0.2) is 26.6 Å². The van der Waals surface area contributed by atoms with Crippen molar-refractivity contribution in [1.82, 2.24) is 0 Å². The van der Waals surface area contributed by atoms with Gasteiger partial charge in [0, 0.05) is 12.0 Å². The first-order valence-electron chi connectivity index (χ1n) is 4.58. The summed E-state index contributed by atoms with van der Waals surface area (Å²) in [5, 5.41) is 0. The summed E-state index contributed by atoms with van der Waals surface area (Å²) >= 11 is 1.75. The van der Waals surface area contributed by atoms with Gasteiger partial charge in [0.05, 0.1) is 13.2 Å². The Bertz CT molecular complexity index is 298. The van der Waals surface area contributed by atoms with Gasteiger partial charge in [-0.1, -0.05) is 12.1 Å². The summed E-state index contributed by atoms with van der Waals surface area (Å²) in [6, 6.07) is 8.49. The second-order valence-corrected chi connectivity index (χ2v) is 4.30. The summed E-state index contributed by atoms with van der Waals surface area (Å²) < 4.78 is 10.7. The lowest BCUT2D eigenvalue weighted by Crippen LogP contribution is -2.48. The van der Waals surface area contributed by atoms with Gasteiger partial charge < -0.3 is 9.47 Å². The smallest absolute Gasteiger partial charge is 0.139 e. The summed E-state index contributed by atoms with van der Waals surface area (Å²) in [7, 11) is 1.74. The molecule has 1 aliphatic rings. The van der Waals surface area contributed by atoms with Crippen molar-refractivity contribution in [3.05, 3.63) is 29.8 Å². The Hall–Kier alpha value is -0.510. The second kappa shape index (κ2) is 3.93. The fourth-order valence-corrected chi connectivity index (χ4v) is 1.99. The first-order chi connectivity index (χ1) is 6.80. The van der Waals surface area contributed by atoms with E-state index in [1.165, 1.54) is 10.5 Å². The molecular weight excluding hydrogens is 196 g/mol. The first kappa shape index (κ1) is 10.0. The molecule has 2 nitrogen and oxygen atoms in total. The largest absolute Gasteiger partial charge is 0.375 e. The van der Waals surface area contributed by atoms with Crippen molar-refractivity contribution in [3.63, 3.8) is 0 Å². The highest BCUT2D eigenvalue weighted by Crippen LogP contribution is 2.33. The molecule has 0 unspecified atom stereocenters. The van der Waals surface area contributed by atoms with Crippen LogP contribution in [0.5, 0.6) is 0 Å². The molecule has 0 spiro atoms. The summed E-state index contributed by atoms with van der Waals surface area (Å²) in [6.07, 6.45) is 2.08. The van der Waals surface area contributed by atoms with Crippen LogP contribution >= 0.6 is 11.8 Å². The molecule has 0 N–H and O–H groups in total. The van der Waals surface area contributed by atoms with Gasteiger partial charge in [-0.05, 0) is 24.0 Å². The van der Waals surface area contributed by atoms with E-state index >= 15 is 0 Å². The Labute approximate surface area is 88.6 Å². The van der Waals surface area contributed by atoms with E-state index in [0.717, 1.165) is 0 Å². The Morgan fingerprint density at radius 1 is 1.29 bits per heavy atom. The summed E-state index contributed by atoms with van der Waals surface area (Å²) in [6.45, 7) is 1.34. The first-order valence-corrected chi connectivity index (χ1v) is 5.81. The predicted octanol–water partition coefficient (Wildman–Crippen LogP) is 2.28. The highest BCUT2D eigenvalue weighted by atomic mass is 32.2. The van der Waals surface area contributed by atoms with Gasteiger partial charge in [0.15, 0.2) is 0 Å². The highest BCUT2D eigenvalue weighted by molar-refractivity contribution is 7.98. The Kier molecular flexibility index (Phi) is 2.81. The van der Waals surface area contributed by atoms with Gasteiger partial charge in [0.2, 0.25) is 0 Å². The number of rotatable bonds is 3. The van der Waals surface area contributed by atoms with Crippen molar-refractivity contribution < 1.29 is 9.47 Å². The highest BCUT2D eigenvalue weighted by Gasteiger charge is 2.40. The Balaban J connectivity index is 2.23. The standard InChI is InChI=1S/C11H14O2S/c1-12-11(7-13-8-11)9-3-5-10(14-2)6-4-9/h3-6H,7-8H2,1-2H3. The molecule has 76 valence electrons. The van der Waals surface area contributed by atoms with Gasteiger partial charge in [-0.3, -0.25) is 0 Å². The summed E-state index contributed by atoms with van der Waals surface area (Å²) in [5.41, 5.74) is 1.03. The molecule has 14 heavy (non-hydrogen) atoms. The predicted molar refractivity (Wildman–Crippen MR) is 57.7 cm³/mol. The third kappa shape index (κ3) is 1.56. The molecule has 3 heteroatoms. The molecule has 2 rings (SSSR count). The zero-order chi connectivity index (χ0) is 10.0. The molecule has 0 bridgehead atoms. The molecule has 1 aromatic carbocycles. The lowest BCUT2D eigenvalue weighted by atomic mass is 9.92. The molecule has 0 atom stereocenters. The van der Waals surface area contributed by atoms with Gasteiger partial charge in [-0.2, -0.15) is 0 Å². The number of hydrogen-bond donors (Lipinski definition) is 0. The molecule has 0 aromatic heterocycles. The molecule has 1 fully saturated rings. The topological polar surface area (TPSA) is 18.5 Å². The number of benzene rings is 1. The van der Waals surface area contributed by atoms with Gasteiger partial charge in [-0.15, -0.1) is 11.8 Å². The van der Waals surface area contributed by atoms with E-state index in [-0.39, 0.29) is 5.60 Å². The van der Waals surface area contributed by atoms with Crippen LogP contribution in [0, 0.1) is 0 Å². The summed E-state index contributed by atoms with van der Waals surface area (Å²) in [5.74, 6) is 0. The molecule has 1 heterocycles. The molecule has 0 aliphatic carbocycles. The van der Waals surface area contributed by atoms with Crippen molar-refractivity contribution in [2.24, 2.45) is 0 Å². The lowest BCUT2D eigenvalue weighted by Gasteiger charge is -2.40. The minimum atomic E-state index is -0.184. The average molecular weight is 210 g/mol. The third-order valence-corrected chi connectivity index (χ3v) is 3.42. The lowest BCUT2D eigenvalue weighted by molar-refractivity contribution is -0.202. The maximum atomic E-state index is 5.50. The number of methoxy groups -OCH3 is 1. The molecule has 1 aliphatic heterocycles. The Morgan fingerprint density at radius 2 is 1.93 bits per heavy atom. The van der Waals surface area contributed by atoms with E-state index in [4.69, 9.17) is 9.47 Å². The van der Waals surface area contributed by atoms with Gasteiger partial charge in [0.25, 0.3) is 0 Å². The second-order valence-electron chi connectivity index (χ2n) is 3.42. The molecule has 1 saturated heterocycles. The number of thioether (sulfide) groups is 1. The van der Waals surface area contributed by atoms with Crippen molar-refractivity contribution in [2.75, 3.05) is 26.6 Å². The normalized spacial score (nSPS) is 19.0. The zero-order valence-electron chi connectivity index (χ0n) is 8.45. The van der Waals surface area contributed by atoms with Crippen LogP contribution < -0.4 is 0 Å². The minimum absolute atomic E-state index is 0.184. The van der Waals surface area contributed by atoms with E-state index < -0.39 is 0 Å². The molecule has 0 saturated carbocycles. The minimum Gasteiger partial charge on any atom is -0.375 e. The summed E-state index contributed by atoms with van der Waals surface area (Å²) in [4.78, 5) is 1.28. The van der Waals surface area contributed by atoms with Crippen LogP contribution in [-0.2, 0) is 15.1 Å². The van der Waals surface area contributed by atoms with E-state index in [1.807, 2.05) is 0 Å². The molecular formula is C11H14O2S. The van der Waals surface area contributed by atoms with Crippen LogP contribution in [0.3, 0.4) is 0 Å². The monoisotopic (exact) mass is 210 g/mol. The molecule has 1 aromatic rings. The van der Waals surface area contributed by atoms with Crippen LogP contribution in [0.25, 0.3) is 0 Å². The maximum absolute atomic E-state index is 5.50. The fraction of sp³-hybridized carbons (Fsp3) is 0.455. The van der Waals surface area contributed by atoms with E-state index in [0.29, 0.717) is 13.2 Å². The third-order valence-electron chi connectivity index (χ3n) is 2.68. The zero-order valence-corrected chi connectivity index (χ0v) is 9.26. The van der Waals surface area contributed by atoms with Crippen molar-refractivity contribution in [2.45, 2.75) is 10.5 Å². The number of ether oxygens (including phenoxy) is 2. The van der Waals surface area contributed by atoms with Crippen LogP contribution in [0.2, 0.25) is 0 Å². The van der Waals surface area contributed by atoms with E-state index in [9.17, 15) is 0 Å². The Morgan fingerprint density at radius 3 is 2.29 bits per heavy atom. The maximum Gasteiger partial charge on any atom is 0.139 e. The van der Waals surface area contributed by atoms with Crippen molar-refractivity contribution >= 4 is 11.8 Å². The number of hydrogen-bond acceptors (Lipinski definition) is 3. The van der Waals surface area contributed by atoms with Crippen molar-refractivity contribution in [3.8, 4) is 0 Å². The fourth-order valence-electron chi connectivity index (χ4n) is 1.58. The molecule has 0 amide bonds. The van der Waals surface area contributed by atoms with Crippen LogP contribution in [0.4, 0.5) is 0 Å². The van der Waals surface area contributed by atoms with Gasteiger partial charge >= 0.3 is 0 Å². The molecule has 0 radical (unpaired) electrons. The van der Waals surface area contributed by atoms with Crippen molar-refractivity contribution in [1.29, 1.82) is 0 Å². The van der Waals surface area contributed by atoms with Gasteiger partial charge in [0.1, 0.15) is 5.60 Å². The van der Waals surface area contributed by atoms with E-state index in [1.54, 1.807) is 18.9 Å². The van der Waals surface area contributed by atoms with Gasteiger partial charge in [-0.25, -0.2) is 0 Å². The van der Waals surface area contributed by atoms with E-state index in [2.05, 4.69) is 30.5 Å². The quantitative estimate of drug-likeness (QED) is 0.713.